The fourth-order valence-electron chi connectivity index (χ4n) is 2.98. The van der Waals surface area contributed by atoms with E-state index in [4.69, 9.17) is 0 Å². The van der Waals surface area contributed by atoms with Crippen molar-refractivity contribution in [2.24, 2.45) is 0 Å². The lowest BCUT2D eigenvalue weighted by Crippen LogP contribution is -2.39. The molecule has 1 amide bonds. The molecular weight excluding hydrogens is 358 g/mol. The van der Waals surface area contributed by atoms with Crippen LogP contribution in [-0.2, 0) is 11.4 Å². The van der Waals surface area contributed by atoms with Gasteiger partial charge in [-0.25, -0.2) is 4.79 Å². The van der Waals surface area contributed by atoms with Gasteiger partial charge in [-0.15, -0.1) is 0 Å². The van der Waals surface area contributed by atoms with Gasteiger partial charge in [-0.05, 0) is 29.8 Å². The van der Waals surface area contributed by atoms with Gasteiger partial charge in [-0.3, -0.25) is 9.69 Å². The van der Waals surface area contributed by atoms with Crippen molar-refractivity contribution in [3.05, 3.63) is 95.6 Å². The maximum Gasteiger partial charge on any atom is 0.331 e. The number of phenols is 1. The molecule has 3 rings (SSSR count). The summed E-state index contributed by atoms with van der Waals surface area (Å²) in [4.78, 5) is 26.6. The zero-order chi connectivity index (χ0) is 20.1. The van der Waals surface area contributed by atoms with Crippen LogP contribution in [0.15, 0.2) is 78.9 Å². The zero-order valence-corrected chi connectivity index (χ0v) is 14.9. The van der Waals surface area contributed by atoms with Gasteiger partial charge in [0, 0.05) is 16.8 Å². The number of aliphatic hydroxyl groups is 1. The van der Waals surface area contributed by atoms with Crippen LogP contribution in [0.5, 0.6) is 5.75 Å². The van der Waals surface area contributed by atoms with E-state index in [1.807, 2.05) is 0 Å². The van der Waals surface area contributed by atoms with Gasteiger partial charge < -0.3 is 15.3 Å². The molecule has 0 unspecified atom stereocenters. The van der Waals surface area contributed by atoms with Crippen LogP contribution in [0.25, 0.3) is 0 Å². The molecule has 0 aliphatic carbocycles. The molecule has 3 aromatic carbocycles. The van der Waals surface area contributed by atoms with E-state index in [-0.39, 0.29) is 23.5 Å². The zero-order valence-electron chi connectivity index (χ0n) is 14.9. The summed E-state index contributed by atoms with van der Waals surface area (Å²) in [6.07, 6.45) is 0. The van der Waals surface area contributed by atoms with Crippen molar-refractivity contribution < 1.29 is 24.9 Å². The normalized spacial score (nSPS) is 11.6. The van der Waals surface area contributed by atoms with Crippen LogP contribution in [-0.4, -0.2) is 27.2 Å². The number of hydrogen-bond donors (Lipinski definition) is 3. The number of para-hydroxylation sites is 1. The SMILES string of the molecule is O=C(O)[C@H](c1ccccc1)N(C(=O)c1ccc(CO)c(O)c1)c1ccccc1. The van der Waals surface area contributed by atoms with E-state index >= 15 is 0 Å². The molecule has 0 radical (unpaired) electrons. The predicted molar refractivity (Wildman–Crippen MR) is 104 cm³/mol. The van der Waals surface area contributed by atoms with Crippen LogP contribution >= 0.6 is 0 Å². The Hall–Kier alpha value is -3.64. The van der Waals surface area contributed by atoms with E-state index in [1.54, 1.807) is 60.7 Å². The predicted octanol–water partition coefficient (Wildman–Crippen LogP) is 3.36. The first kappa shape index (κ1) is 19.1. The highest BCUT2D eigenvalue weighted by molar-refractivity contribution is 6.09. The summed E-state index contributed by atoms with van der Waals surface area (Å²) in [5.74, 6) is -1.99. The number of aliphatic carboxylic acids is 1. The number of amides is 1. The Morgan fingerprint density at radius 2 is 1.50 bits per heavy atom. The minimum atomic E-state index is -1.25. The molecule has 142 valence electrons. The molecule has 0 bridgehead atoms. The number of benzene rings is 3. The lowest BCUT2D eigenvalue weighted by atomic mass is 10.0. The maximum atomic E-state index is 13.3. The third-order valence-electron chi connectivity index (χ3n) is 4.36. The number of anilines is 1. The van der Waals surface area contributed by atoms with E-state index in [9.17, 15) is 24.9 Å². The molecular formula is C22H19NO5. The third kappa shape index (κ3) is 3.87. The minimum absolute atomic E-state index is 0.112. The summed E-state index contributed by atoms with van der Waals surface area (Å²) in [5, 5.41) is 29.1. The number of carboxylic acids is 1. The number of rotatable bonds is 6. The van der Waals surface area contributed by atoms with Crippen LogP contribution in [0, 0.1) is 0 Å². The van der Waals surface area contributed by atoms with Crippen LogP contribution in [0.3, 0.4) is 0 Å². The summed E-state index contributed by atoms with van der Waals surface area (Å²) in [6, 6.07) is 19.8. The van der Waals surface area contributed by atoms with Gasteiger partial charge >= 0.3 is 5.97 Å². The second-order valence-electron chi connectivity index (χ2n) is 6.16. The monoisotopic (exact) mass is 377 g/mol. The lowest BCUT2D eigenvalue weighted by molar-refractivity contribution is -0.138. The van der Waals surface area contributed by atoms with Crippen molar-refractivity contribution in [1.82, 2.24) is 0 Å². The molecule has 0 saturated heterocycles. The van der Waals surface area contributed by atoms with Crippen LogP contribution in [0.1, 0.15) is 27.5 Å². The Kier molecular flexibility index (Phi) is 5.72. The molecule has 0 fully saturated rings. The fraction of sp³-hybridized carbons (Fsp3) is 0.0909. The van der Waals surface area contributed by atoms with Crippen molar-refractivity contribution in [2.45, 2.75) is 12.6 Å². The summed E-state index contributed by atoms with van der Waals surface area (Å²) in [6.45, 7) is -0.371. The van der Waals surface area contributed by atoms with Gasteiger partial charge in [0.25, 0.3) is 5.91 Å². The van der Waals surface area contributed by atoms with Crippen molar-refractivity contribution >= 4 is 17.6 Å². The van der Waals surface area contributed by atoms with E-state index in [1.165, 1.54) is 23.1 Å². The largest absolute Gasteiger partial charge is 0.508 e. The minimum Gasteiger partial charge on any atom is -0.508 e. The van der Waals surface area contributed by atoms with Gasteiger partial charge in [0.2, 0.25) is 0 Å². The highest BCUT2D eigenvalue weighted by Crippen LogP contribution is 2.30. The standard InChI is InChI=1S/C22H19NO5/c24-14-17-12-11-16(13-19(17)25)21(26)23(18-9-5-2-6-10-18)20(22(27)28)15-7-3-1-4-8-15/h1-13,20,24-25H,14H2,(H,27,28)/t20-/m0/s1. The van der Waals surface area contributed by atoms with E-state index in [0.29, 0.717) is 11.3 Å². The van der Waals surface area contributed by atoms with Gasteiger partial charge in [0.1, 0.15) is 5.75 Å². The molecule has 0 saturated carbocycles. The number of aliphatic hydroxyl groups excluding tert-OH is 1. The molecule has 0 spiro atoms. The van der Waals surface area contributed by atoms with Gasteiger partial charge in [-0.1, -0.05) is 54.6 Å². The number of aromatic hydroxyl groups is 1. The quantitative estimate of drug-likeness (QED) is 0.612. The summed E-state index contributed by atoms with van der Waals surface area (Å²) >= 11 is 0. The number of nitrogens with zero attached hydrogens (tertiary/aromatic N) is 1. The second-order valence-corrected chi connectivity index (χ2v) is 6.16. The topological polar surface area (TPSA) is 98.1 Å². The first-order chi connectivity index (χ1) is 13.5. The van der Waals surface area contributed by atoms with Crippen LogP contribution < -0.4 is 4.90 Å². The lowest BCUT2D eigenvalue weighted by Gasteiger charge is -2.29. The first-order valence-corrected chi connectivity index (χ1v) is 8.62. The number of carbonyl (C=O) groups is 2. The molecule has 28 heavy (non-hydrogen) atoms. The summed E-state index contributed by atoms with van der Waals surface area (Å²) < 4.78 is 0. The summed E-state index contributed by atoms with van der Waals surface area (Å²) in [7, 11) is 0. The number of hydrogen-bond acceptors (Lipinski definition) is 4. The molecule has 3 N–H and O–H groups in total. The Labute approximate surface area is 161 Å². The molecule has 0 aliphatic heterocycles. The Morgan fingerprint density at radius 3 is 2.04 bits per heavy atom. The van der Waals surface area contributed by atoms with E-state index in [0.717, 1.165) is 0 Å². The molecule has 1 atom stereocenters. The Balaban J connectivity index is 2.13. The van der Waals surface area contributed by atoms with Crippen LogP contribution in [0.4, 0.5) is 5.69 Å². The van der Waals surface area contributed by atoms with Gasteiger partial charge in [0.15, 0.2) is 6.04 Å². The third-order valence-corrected chi connectivity index (χ3v) is 4.36. The van der Waals surface area contributed by atoms with Crippen molar-refractivity contribution in [3.63, 3.8) is 0 Å². The molecule has 0 heterocycles. The van der Waals surface area contributed by atoms with Crippen molar-refractivity contribution in [2.75, 3.05) is 4.90 Å². The number of carboxylic acid groups (broad SMARTS) is 1. The highest BCUT2D eigenvalue weighted by Gasteiger charge is 2.33. The number of carbonyl (C=O) groups excluding carboxylic acids is 1. The average Bonchev–Trinajstić information content (AvgIpc) is 2.72. The van der Waals surface area contributed by atoms with Gasteiger partial charge in [-0.2, -0.15) is 0 Å². The summed E-state index contributed by atoms with van der Waals surface area (Å²) in [5.41, 5.74) is 1.25. The molecule has 6 heteroatoms. The molecule has 3 aromatic rings. The second kappa shape index (κ2) is 8.37. The maximum absolute atomic E-state index is 13.3. The van der Waals surface area contributed by atoms with Crippen LogP contribution in [0.2, 0.25) is 0 Å². The first-order valence-electron chi connectivity index (χ1n) is 8.62. The van der Waals surface area contributed by atoms with E-state index in [2.05, 4.69) is 0 Å². The average molecular weight is 377 g/mol. The van der Waals surface area contributed by atoms with Crippen molar-refractivity contribution in [3.8, 4) is 5.75 Å². The Bertz CT molecular complexity index is 973. The Morgan fingerprint density at radius 1 is 0.893 bits per heavy atom. The van der Waals surface area contributed by atoms with Crippen molar-refractivity contribution in [1.29, 1.82) is 0 Å². The smallest absolute Gasteiger partial charge is 0.331 e. The highest BCUT2D eigenvalue weighted by atomic mass is 16.4. The fourth-order valence-corrected chi connectivity index (χ4v) is 2.98. The van der Waals surface area contributed by atoms with Gasteiger partial charge in [0.05, 0.1) is 6.61 Å². The molecule has 0 aliphatic rings. The molecule has 6 nitrogen and oxygen atoms in total. The van der Waals surface area contributed by atoms with E-state index < -0.39 is 17.9 Å². The molecule has 0 aromatic heterocycles.